The Bertz CT molecular complexity index is 258. The Kier molecular flexibility index (Phi) is 3.06. The molecule has 0 bridgehead atoms. The first-order valence-electron chi connectivity index (χ1n) is 4.58. The van der Waals surface area contributed by atoms with Crippen LogP contribution in [0.3, 0.4) is 0 Å². The second-order valence-corrected chi connectivity index (χ2v) is 4.12. The third-order valence-corrected chi connectivity index (χ3v) is 1.75. The standard InChI is InChI=1S/C10H15NO3/c1-10(2,3)14-7-6-11-8(12)4-5-9(11)13/h4-5H,6-7H2,1-3H3. The lowest BCUT2D eigenvalue weighted by Crippen LogP contribution is -2.35. The van der Waals surface area contributed by atoms with Gasteiger partial charge in [-0.3, -0.25) is 14.5 Å². The second kappa shape index (κ2) is 3.92. The van der Waals surface area contributed by atoms with E-state index in [2.05, 4.69) is 0 Å². The van der Waals surface area contributed by atoms with Gasteiger partial charge in [0.2, 0.25) is 0 Å². The molecule has 4 nitrogen and oxygen atoms in total. The number of imide groups is 1. The number of ether oxygens (including phenoxy) is 1. The van der Waals surface area contributed by atoms with E-state index in [1.54, 1.807) is 0 Å². The van der Waals surface area contributed by atoms with Gasteiger partial charge in [-0.2, -0.15) is 0 Å². The Hall–Kier alpha value is -1.16. The molecule has 0 unspecified atom stereocenters. The van der Waals surface area contributed by atoms with E-state index in [0.29, 0.717) is 13.2 Å². The van der Waals surface area contributed by atoms with E-state index in [4.69, 9.17) is 4.74 Å². The Morgan fingerprint density at radius 2 is 1.71 bits per heavy atom. The Labute approximate surface area is 83.5 Å². The first-order valence-corrected chi connectivity index (χ1v) is 4.58. The molecule has 0 aromatic rings. The highest BCUT2D eigenvalue weighted by molar-refractivity contribution is 6.12. The van der Waals surface area contributed by atoms with Crippen molar-refractivity contribution in [1.82, 2.24) is 4.90 Å². The van der Waals surface area contributed by atoms with Crippen LogP contribution in [0.1, 0.15) is 20.8 Å². The number of hydrogen-bond acceptors (Lipinski definition) is 3. The molecular weight excluding hydrogens is 182 g/mol. The van der Waals surface area contributed by atoms with Gasteiger partial charge in [-0.25, -0.2) is 0 Å². The van der Waals surface area contributed by atoms with Crippen LogP contribution in [0, 0.1) is 0 Å². The van der Waals surface area contributed by atoms with Crippen LogP contribution < -0.4 is 0 Å². The zero-order valence-electron chi connectivity index (χ0n) is 8.74. The third kappa shape index (κ3) is 2.96. The predicted octanol–water partition coefficient (Wildman–Crippen LogP) is 0.726. The molecule has 0 saturated carbocycles. The van der Waals surface area contributed by atoms with E-state index < -0.39 is 0 Å². The summed E-state index contributed by atoms with van der Waals surface area (Å²) in [5.74, 6) is -0.514. The minimum atomic E-state index is -0.257. The highest BCUT2D eigenvalue weighted by atomic mass is 16.5. The fourth-order valence-corrected chi connectivity index (χ4v) is 1.09. The van der Waals surface area contributed by atoms with Crippen LogP contribution in [0.5, 0.6) is 0 Å². The largest absolute Gasteiger partial charge is 0.374 e. The molecule has 0 aromatic heterocycles. The molecule has 1 aliphatic heterocycles. The van der Waals surface area contributed by atoms with Crippen LogP contribution in [0.25, 0.3) is 0 Å². The van der Waals surface area contributed by atoms with Crippen LogP contribution in [-0.4, -0.2) is 35.5 Å². The summed E-state index contributed by atoms with van der Waals surface area (Å²) in [4.78, 5) is 23.4. The van der Waals surface area contributed by atoms with Gasteiger partial charge < -0.3 is 4.74 Å². The van der Waals surface area contributed by atoms with Gasteiger partial charge in [0.15, 0.2) is 0 Å². The van der Waals surface area contributed by atoms with Crippen molar-refractivity contribution >= 4 is 11.8 Å². The van der Waals surface area contributed by atoms with Crippen LogP contribution in [0.4, 0.5) is 0 Å². The average Bonchev–Trinajstić information content (AvgIpc) is 2.33. The van der Waals surface area contributed by atoms with Gasteiger partial charge in [0.05, 0.1) is 18.8 Å². The molecular formula is C10H15NO3. The van der Waals surface area contributed by atoms with E-state index in [1.165, 1.54) is 17.1 Å². The minimum Gasteiger partial charge on any atom is -0.374 e. The fourth-order valence-electron chi connectivity index (χ4n) is 1.09. The normalized spacial score (nSPS) is 16.9. The van der Waals surface area contributed by atoms with Gasteiger partial charge in [-0.15, -0.1) is 0 Å². The minimum absolute atomic E-state index is 0.237. The summed E-state index contributed by atoms with van der Waals surface area (Å²) < 4.78 is 5.41. The predicted molar refractivity (Wildman–Crippen MR) is 51.6 cm³/mol. The van der Waals surface area contributed by atoms with Gasteiger partial charge >= 0.3 is 0 Å². The molecule has 0 N–H and O–H groups in total. The molecule has 1 heterocycles. The number of nitrogens with zero attached hydrogens (tertiary/aromatic N) is 1. The summed E-state index contributed by atoms with van der Waals surface area (Å²) in [6, 6.07) is 0. The van der Waals surface area contributed by atoms with Crippen molar-refractivity contribution in [2.75, 3.05) is 13.2 Å². The van der Waals surface area contributed by atoms with Crippen LogP contribution in [0.15, 0.2) is 12.2 Å². The van der Waals surface area contributed by atoms with Crippen molar-refractivity contribution in [2.24, 2.45) is 0 Å². The maximum Gasteiger partial charge on any atom is 0.253 e. The molecule has 1 aliphatic rings. The number of hydrogen-bond donors (Lipinski definition) is 0. The Morgan fingerprint density at radius 1 is 1.21 bits per heavy atom. The molecule has 78 valence electrons. The van der Waals surface area contributed by atoms with Crippen LogP contribution in [0.2, 0.25) is 0 Å². The molecule has 0 atom stereocenters. The summed E-state index contributed by atoms with van der Waals surface area (Å²) in [6.07, 6.45) is 2.55. The van der Waals surface area contributed by atoms with Gasteiger partial charge in [0, 0.05) is 12.2 Å². The maximum absolute atomic E-state index is 11.1. The first kappa shape index (κ1) is 10.9. The van der Waals surface area contributed by atoms with Crippen LogP contribution >= 0.6 is 0 Å². The molecule has 0 radical (unpaired) electrons. The summed E-state index contributed by atoms with van der Waals surface area (Å²) in [6.45, 7) is 6.49. The summed E-state index contributed by atoms with van der Waals surface area (Å²) in [5.41, 5.74) is -0.237. The second-order valence-electron chi connectivity index (χ2n) is 4.12. The van der Waals surface area contributed by atoms with E-state index in [-0.39, 0.29) is 17.4 Å². The molecule has 14 heavy (non-hydrogen) atoms. The fraction of sp³-hybridized carbons (Fsp3) is 0.600. The van der Waals surface area contributed by atoms with Gasteiger partial charge in [-0.05, 0) is 20.8 Å². The number of carbonyl (C=O) groups is 2. The van der Waals surface area contributed by atoms with E-state index in [1.807, 2.05) is 20.8 Å². The summed E-state index contributed by atoms with van der Waals surface area (Å²) in [7, 11) is 0. The SMILES string of the molecule is CC(C)(C)OCCN1C(=O)C=CC1=O. The quantitative estimate of drug-likeness (QED) is 0.626. The molecule has 2 amide bonds. The number of rotatable bonds is 3. The van der Waals surface area contributed by atoms with Crippen molar-refractivity contribution in [1.29, 1.82) is 0 Å². The van der Waals surface area contributed by atoms with Crippen molar-refractivity contribution in [3.05, 3.63) is 12.2 Å². The number of amides is 2. The first-order chi connectivity index (χ1) is 6.40. The molecule has 0 saturated heterocycles. The number of carbonyl (C=O) groups excluding carboxylic acids is 2. The van der Waals surface area contributed by atoms with Crippen molar-refractivity contribution in [3.8, 4) is 0 Å². The highest BCUT2D eigenvalue weighted by Gasteiger charge is 2.23. The lowest BCUT2D eigenvalue weighted by Gasteiger charge is -2.21. The molecule has 0 aliphatic carbocycles. The third-order valence-electron chi connectivity index (χ3n) is 1.75. The van der Waals surface area contributed by atoms with Gasteiger partial charge in [-0.1, -0.05) is 0 Å². The van der Waals surface area contributed by atoms with Gasteiger partial charge in [0.25, 0.3) is 11.8 Å². The monoisotopic (exact) mass is 197 g/mol. The zero-order chi connectivity index (χ0) is 10.8. The lowest BCUT2D eigenvalue weighted by atomic mass is 10.2. The lowest BCUT2D eigenvalue weighted by molar-refractivity contribution is -0.138. The van der Waals surface area contributed by atoms with E-state index >= 15 is 0 Å². The average molecular weight is 197 g/mol. The van der Waals surface area contributed by atoms with E-state index in [9.17, 15) is 9.59 Å². The molecule has 0 aromatic carbocycles. The topological polar surface area (TPSA) is 46.6 Å². The maximum atomic E-state index is 11.1. The van der Waals surface area contributed by atoms with Crippen molar-refractivity contribution < 1.29 is 14.3 Å². The molecule has 0 spiro atoms. The highest BCUT2D eigenvalue weighted by Crippen LogP contribution is 2.08. The molecule has 0 fully saturated rings. The summed E-state index contributed by atoms with van der Waals surface area (Å²) >= 11 is 0. The zero-order valence-corrected chi connectivity index (χ0v) is 8.74. The van der Waals surface area contributed by atoms with Crippen molar-refractivity contribution in [2.45, 2.75) is 26.4 Å². The summed E-state index contributed by atoms with van der Waals surface area (Å²) in [5, 5.41) is 0. The Morgan fingerprint density at radius 3 is 2.14 bits per heavy atom. The van der Waals surface area contributed by atoms with Crippen LogP contribution in [-0.2, 0) is 14.3 Å². The van der Waals surface area contributed by atoms with E-state index in [0.717, 1.165) is 0 Å². The Balaban J connectivity index is 2.33. The molecule has 4 heteroatoms. The van der Waals surface area contributed by atoms with Crippen molar-refractivity contribution in [3.63, 3.8) is 0 Å². The van der Waals surface area contributed by atoms with Gasteiger partial charge in [0.1, 0.15) is 0 Å². The molecule has 1 rings (SSSR count). The smallest absolute Gasteiger partial charge is 0.253 e.